The van der Waals surface area contributed by atoms with E-state index in [0.717, 1.165) is 16.9 Å². The maximum absolute atomic E-state index is 12.1. The molecule has 1 aliphatic carbocycles. The van der Waals surface area contributed by atoms with Gasteiger partial charge in [0.2, 0.25) is 5.91 Å². The summed E-state index contributed by atoms with van der Waals surface area (Å²) >= 11 is 0. The Bertz CT molecular complexity index is 803. The van der Waals surface area contributed by atoms with Crippen molar-refractivity contribution in [3.8, 4) is 0 Å². The van der Waals surface area contributed by atoms with E-state index in [2.05, 4.69) is 20.6 Å². The van der Waals surface area contributed by atoms with Gasteiger partial charge in [-0.05, 0) is 51.8 Å². The summed E-state index contributed by atoms with van der Waals surface area (Å²) < 4.78 is 5.13. The van der Waals surface area contributed by atoms with Gasteiger partial charge in [0, 0.05) is 24.6 Å². The standard InChI is InChI=1S/C19H26N4O3/c1-19(2,3)26-18(25)20-10-9-16(24)21-13-7-8-14-15(11-13)23-17(22-14)12-5-4-6-12/h7-8,11-12H,4-6,9-10H2,1-3H3,(H,20,25)(H,21,24)(H,22,23). The zero-order valence-electron chi connectivity index (χ0n) is 15.5. The third kappa shape index (κ3) is 4.74. The number of nitrogens with zero attached hydrogens (tertiary/aromatic N) is 1. The molecule has 0 unspecified atom stereocenters. The maximum atomic E-state index is 12.1. The highest BCUT2D eigenvalue weighted by molar-refractivity contribution is 5.93. The summed E-state index contributed by atoms with van der Waals surface area (Å²) in [5, 5.41) is 5.42. The first kappa shape index (κ1) is 18.2. The van der Waals surface area contributed by atoms with Gasteiger partial charge in [0.15, 0.2) is 0 Å². The van der Waals surface area contributed by atoms with Crippen molar-refractivity contribution in [3.63, 3.8) is 0 Å². The number of aromatic nitrogens is 2. The zero-order valence-corrected chi connectivity index (χ0v) is 15.5. The molecule has 1 aromatic heterocycles. The molecule has 0 saturated heterocycles. The Kier molecular flexibility index (Phi) is 5.15. The Morgan fingerprint density at radius 1 is 1.31 bits per heavy atom. The van der Waals surface area contributed by atoms with Crippen LogP contribution in [0.15, 0.2) is 18.2 Å². The van der Waals surface area contributed by atoms with Gasteiger partial charge in [-0.15, -0.1) is 0 Å². The molecular formula is C19H26N4O3. The Morgan fingerprint density at radius 2 is 2.08 bits per heavy atom. The maximum Gasteiger partial charge on any atom is 0.407 e. The first-order chi connectivity index (χ1) is 12.3. The molecule has 2 aromatic rings. The number of fused-ring (bicyclic) bond motifs is 1. The molecule has 1 saturated carbocycles. The van der Waals surface area contributed by atoms with Crippen LogP contribution in [-0.2, 0) is 9.53 Å². The number of carbonyl (C=O) groups is 2. The molecule has 0 aliphatic heterocycles. The predicted molar refractivity (Wildman–Crippen MR) is 100 cm³/mol. The number of carbonyl (C=O) groups excluding carboxylic acids is 2. The highest BCUT2D eigenvalue weighted by atomic mass is 16.6. The van der Waals surface area contributed by atoms with Crippen molar-refractivity contribution >= 4 is 28.7 Å². The minimum atomic E-state index is -0.551. The van der Waals surface area contributed by atoms with Gasteiger partial charge in [0.25, 0.3) is 0 Å². The lowest BCUT2D eigenvalue weighted by Gasteiger charge is -2.22. The first-order valence-corrected chi connectivity index (χ1v) is 9.06. The molecule has 1 aromatic carbocycles. The minimum Gasteiger partial charge on any atom is -0.444 e. The molecule has 0 bridgehead atoms. The molecule has 0 radical (unpaired) electrons. The number of amides is 2. The molecular weight excluding hydrogens is 332 g/mol. The van der Waals surface area contributed by atoms with Crippen LogP contribution in [-0.4, -0.2) is 34.1 Å². The largest absolute Gasteiger partial charge is 0.444 e. The van der Waals surface area contributed by atoms with Gasteiger partial charge < -0.3 is 20.4 Å². The van der Waals surface area contributed by atoms with Gasteiger partial charge in [-0.3, -0.25) is 4.79 Å². The minimum absolute atomic E-state index is 0.167. The normalized spacial score (nSPS) is 14.7. The van der Waals surface area contributed by atoms with E-state index in [4.69, 9.17) is 4.74 Å². The third-order valence-electron chi connectivity index (χ3n) is 4.30. The van der Waals surface area contributed by atoms with Crippen LogP contribution in [0.4, 0.5) is 10.5 Å². The van der Waals surface area contributed by atoms with Crippen molar-refractivity contribution in [1.29, 1.82) is 0 Å². The summed E-state index contributed by atoms with van der Waals surface area (Å²) in [6.07, 6.45) is 3.29. The second-order valence-electron chi connectivity index (χ2n) is 7.71. The zero-order chi connectivity index (χ0) is 18.7. The quantitative estimate of drug-likeness (QED) is 0.759. The summed E-state index contributed by atoms with van der Waals surface area (Å²) in [6.45, 7) is 5.60. The summed E-state index contributed by atoms with van der Waals surface area (Å²) in [5.41, 5.74) is 2.00. The van der Waals surface area contributed by atoms with Crippen molar-refractivity contribution in [2.24, 2.45) is 0 Å². The van der Waals surface area contributed by atoms with E-state index >= 15 is 0 Å². The van der Waals surface area contributed by atoms with Gasteiger partial charge in [0.05, 0.1) is 11.0 Å². The van der Waals surface area contributed by atoms with Crippen LogP contribution < -0.4 is 10.6 Å². The number of aromatic amines is 1. The van der Waals surface area contributed by atoms with E-state index in [1.807, 2.05) is 18.2 Å². The lowest BCUT2D eigenvalue weighted by atomic mass is 9.85. The monoisotopic (exact) mass is 358 g/mol. The van der Waals surface area contributed by atoms with Gasteiger partial charge in [-0.1, -0.05) is 6.42 Å². The molecule has 26 heavy (non-hydrogen) atoms. The molecule has 0 spiro atoms. The number of rotatable bonds is 5. The number of alkyl carbamates (subject to hydrolysis) is 1. The van der Waals surface area contributed by atoms with Crippen LogP contribution in [0.1, 0.15) is 58.2 Å². The molecule has 3 N–H and O–H groups in total. The van der Waals surface area contributed by atoms with Gasteiger partial charge in [-0.2, -0.15) is 0 Å². The molecule has 2 amide bonds. The van der Waals surface area contributed by atoms with E-state index in [9.17, 15) is 9.59 Å². The van der Waals surface area contributed by atoms with Gasteiger partial charge >= 0.3 is 6.09 Å². The van der Waals surface area contributed by atoms with Crippen molar-refractivity contribution < 1.29 is 14.3 Å². The second kappa shape index (κ2) is 7.35. The van der Waals surface area contributed by atoms with Crippen molar-refractivity contribution in [2.45, 2.75) is 58.0 Å². The fourth-order valence-electron chi connectivity index (χ4n) is 2.80. The number of imidazole rings is 1. The number of hydrogen-bond donors (Lipinski definition) is 3. The molecule has 1 heterocycles. The van der Waals surface area contributed by atoms with Gasteiger partial charge in [-0.25, -0.2) is 9.78 Å². The third-order valence-corrected chi connectivity index (χ3v) is 4.30. The second-order valence-corrected chi connectivity index (χ2v) is 7.71. The lowest BCUT2D eigenvalue weighted by molar-refractivity contribution is -0.116. The number of hydrogen-bond acceptors (Lipinski definition) is 4. The number of H-pyrrole nitrogens is 1. The molecule has 7 heteroatoms. The van der Waals surface area contributed by atoms with Crippen LogP contribution in [0.2, 0.25) is 0 Å². The van der Waals surface area contributed by atoms with E-state index < -0.39 is 11.7 Å². The average molecular weight is 358 g/mol. The predicted octanol–water partition coefficient (Wildman–Crippen LogP) is 3.68. The average Bonchev–Trinajstić information content (AvgIpc) is 2.85. The van der Waals surface area contributed by atoms with Crippen molar-refractivity contribution in [3.05, 3.63) is 24.0 Å². The van der Waals surface area contributed by atoms with E-state index in [-0.39, 0.29) is 18.9 Å². The van der Waals surface area contributed by atoms with Crippen LogP contribution in [0.25, 0.3) is 11.0 Å². The Morgan fingerprint density at radius 3 is 2.73 bits per heavy atom. The fourth-order valence-corrected chi connectivity index (χ4v) is 2.80. The number of nitrogens with one attached hydrogen (secondary N) is 3. The van der Waals surface area contributed by atoms with Crippen molar-refractivity contribution in [2.75, 3.05) is 11.9 Å². The van der Waals surface area contributed by atoms with Crippen molar-refractivity contribution in [1.82, 2.24) is 15.3 Å². The first-order valence-electron chi connectivity index (χ1n) is 9.06. The smallest absolute Gasteiger partial charge is 0.407 e. The summed E-state index contributed by atoms with van der Waals surface area (Å²) in [7, 11) is 0. The SMILES string of the molecule is CC(C)(C)OC(=O)NCCC(=O)Nc1ccc2nc(C3CCC3)[nH]c2c1. The van der Waals surface area contributed by atoms with E-state index in [0.29, 0.717) is 11.6 Å². The van der Waals surface area contributed by atoms with Crippen LogP contribution in [0, 0.1) is 0 Å². The van der Waals surface area contributed by atoms with Crippen LogP contribution in [0.3, 0.4) is 0 Å². The Balaban J connectivity index is 1.50. The Hall–Kier alpha value is -2.57. The van der Waals surface area contributed by atoms with E-state index in [1.165, 1.54) is 19.3 Å². The number of benzene rings is 1. The Labute approximate surface area is 152 Å². The molecule has 140 valence electrons. The number of ether oxygens (including phenoxy) is 1. The summed E-state index contributed by atoms with van der Waals surface area (Å²) in [4.78, 5) is 31.6. The topological polar surface area (TPSA) is 96.1 Å². The molecule has 3 rings (SSSR count). The molecule has 1 fully saturated rings. The summed E-state index contributed by atoms with van der Waals surface area (Å²) in [5.74, 6) is 1.41. The molecule has 1 aliphatic rings. The lowest BCUT2D eigenvalue weighted by Crippen LogP contribution is -2.34. The molecule has 7 nitrogen and oxygen atoms in total. The summed E-state index contributed by atoms with van der Waals surface area (Å²) in [6, 6.07) is 5.64. The van der Waals surface area contributed by atoms with E-state index in [1.54, 1.807) is 20.8 Å². The number of anilines is 1. The van der Waals surface area contributed by atoms with Crippen LogP contribution in [0.5, 0.6) is 0 Å². The fraction of sp³-hybridized carbons (Fsp3) is 0.526. The highest BCUT2D eigenvalue weighted by Gasteiger charge is 2.22. The highest BCUT2D eigenvalue weighted by Crippen LogP contribution is 2.35. The van der Waals surface area contributed by atoms with Gasteiger partial charge in [0.1, 0.15) is 11.4 Å². The van der Waals surface area contributed by atoms with Crippen LogP contribution >= 0.6 is 0 Å². The molecule has 0 atom stereocenters.